The van der Waals surface area contributed by atoms with Gasteiger partial charge in [0.1, 0.15) is 6.07 Å². The van der Waals surface area contributed by atoms with Crippen LogP contribution in [0, 0.1) is 25.2 Å². The van der Waals surface area contributed by atoms with Crippen LogP contribution in [0.15, 0.2) is 6.07 Å². The molecule has 0 unspecified atom stereocenters. The number of fused-ring (bicyclic) bond motifs is 1. The molecule has 0 aliphatic carbocycles. The van der Waals surface area contributed by atoms with Crippen LogP contribution < -0.4 is 0 Å². The molecule has 0 spiro atoms. The maximum atomic E-state index is 8.76. The van der Waals surface area contributed by atoms with Gasteiger partial charge in [-0.2, -0.15) is 10.4 Å². The summed E-state index contributed by atoms with van der Waals surface area (Å²) in [5.41, 5.74) is 3.07. The molecular weight excluding hydrogens is 188 g/mol. The number of rotatable bonds is 0. The lowest BCUT2D eigenvalue weighted by molar-refractivity contribution is 1.09. The van der Waals surface area contributed by atoms with Gasteiger partial charge in [0.15, 0.2) is 5.69 Å². The van der Waals surface area contributed by atoms with Gasteiger partial charge in [-0.3, -0.25) is 10.1 Å². The molecule has 2 rings (SSSR count). The van der Waals surface area contributed by atoms with Crippen LogP contribution in [0.2, 0.25) is 0 Å². The van der Waals surface area contributed by atoms with E-state index in [9.17, 15) is 0 Å². The van der Waals surface area contributed by atoms with Gasteiger partial charge < -0.3 is 0 Å². The van der Waals surface area contributed by atoms with Crippen molar-refractivity contribution in [2.24, 2.45) is 0 Å². The minimum absolute atomic E-state index is 0.417. The van der Waals surface area contributed by atoms with E-state index >= 15 is 0 Å². The smallest absolute Gasteiger partial charge is 0.171 e. The zero-order valence-electron chi connectivity index (χ0n) is 9.42. The van der Waals surface area contributed by atoms with Gasteiger partial charge in [-0.25, -0.2) is 0 Å². The largest absolute Gasteiger partial charge is 0.276 e. The van der Waals surface area contributed by atoms with Crippen molar-refractivity contribution in [1.29, 1.82) is 5.26 Å². The van der Waals surface area contributed by atoms with Crippen LogP contribution in [0.4, 0.5) is 0 Å². The molecule has 0 aromatic carbocycles. The Morgan fingerprint density at radius 3 is 2.60 bits per heavy atom. The molecule has 0 bridgehead atoms. The van der Waals surface area contributed by atoms with E-state index in [1.165, 1.54) is 0 Å². The average molecular weight is 202 g/mol. The van der Waals surface area contributed by atoms with Crippen LogP contribution in [0.5, 0.6) is 0 Å². The van der Waals surface area contributed by atoms with E-state index in [1.807, 2.05) is 39.8 Å². The maximum Gasteiger partial charge on any atom is 0.171 e. The van der Waals surface area contributed by atoms with Crippen LogP contribution in [-0.4, -0.2) is 15.2 Å². The van der Waals surface area contributed by atoms with Crippen LogP contribution in [-0.2, 0) is 0 Å². The molecule has 2 aromatic heterocycles. The first-order chi connectivity index (χ1) is 7.22. The predicted octanol–water partition coefficient (Wildman–Crippen LogP) is 2.47. The van der Waals surface area contributed by atoms with Gasteiger partial charge in [0, 0.05) is 11.4 Å². The van der Waals surface area contributed by atoms with E-state index < -0.39 is 0 Å². The number of nitriles is 1. The number of aromatic amines is 1. The van der Waals surface area contributed by atoms with E-state index in [-0.39, 0.29) is 0 Å². The summed E-state index contributed by atoms with van der Waals surface area (Å²) in [5, 5.41) is 16.3. The van der Waals surface area contributed by atoms with Gasteiger partial charge in [-0.15, -0.1) is 0 Å². The van der Waals surface area contributed by atoms with Gasteiger partial charge >= 0.3 is 0 Å². The first kappa shape index (κ1) is 11.2. The molecule has 0 aliphatic rings. The molecule has 0 aliphatic heterocycles. The predicted molar refractivity (Wildman–Crippen MR) is 59.4 cm³/mol. The van der Waals surface area contributed by atoms with Crippen LogP contribution >= 0.6 is 0 Å². The third-order valence-corrected chi connectivity index (χ3v) is 1.96. The number of hydrogen-bond donors (Lipinski definition) is 1. The summed E-state index contributed by atoms with van der Waals surface area (Å²) in [6.45, 7) is 7.80. The molecule has 15 heavy (non-hydrogen) atoms. The third-order valence-electron chi connectivity index (χ3n) is 1.96. The zero-order chi connectivity index (χ0) is 11.4. The highest BCUT2D eigenvalue weighted by molar-refractivity contribution is 5.85. The van der Waals surface area contributed by atoms with E-state index in [1.54, 1.807) is 0 Å². The minimum Gasteiger partial charge on any atom is -0.276 e. The average Bonchev–Trinajstić information content (AvgIpc) is 2.63. The molecule has 4 nitrogen and oxygen atoms in total. The van der Waals surface area contributed by atoms with Crippen LogP contribution in [0.25, 0.3) is 10.9 Å². The standard InChI is InChI=1S/C9H8N4.C2H6/c1-5-3-7-9(6(2)11-5)8(4-10)13-12-7;1-2/h3H,1-2H3,(H,12,13);1-2H3. The molecule has 78 valence electrons. The molecule has 1 N–H and O–H groups in total. The fourth-order valence-corrected chi connectivity index (χ4v) is 1.47. The van der Waals surface area contributed by atoms with E-state index in [0.717, 1.165) is 22.3 Å². The summed E-state index contributed by atoms with van der Waals surface area (Å²) >= 11 is 0. The molecule has 0 saturated carbocycles. The summed E-state index contributed by atoms with van der Waals surface area (Å²) in [6.07, 6.45) is 0. The third kappa shape index (κ3) is 1.96. The monoisotopic (exact) mass is 202 g/mol. The molecule has 0 fully saturated rings. The Morgan fingerprint density at radius 2 is 2.00 bits per heavy atom. The van der Waals surface area contributed by atoms with Gasteiger partial charge in [0.05, 0.1) is 10.9 Å². The number of pyridine rings is 1. The Bertz CT molecular complexity index is 505. The lowest BCUT2D eigenvalue weighted by atomic mass is 10.2. The molecule has 4 heteroatoms. The molecular formula is C11H14N4. The second kappa shape index (κ2) is 4.56. The minimum atomic E-state index is 0.417. The second-order valence-corrected chi connectivity index (χ2v) is 2.96. The topological polar surface area (TPSA) is 65.4 Å². The van der Waals surface area contributed by atoms with E-state index in [4.69, 9.17) is 5.26 Å². The van der Waals surface area contributed by atoms with Crippen molar-refractivity contribution >= 4 is 10.9 Å². The lowest BCUT2D eigenvalue weighted by Crippen LogP contribution is -1.87. The molecule has 0 atom stereocenters. The summed E-state index contributed by atoms with van der Waals surface area (Å²) in [6, 6.07) is 3.91. The number of aromatic nitrogens is 3. The highest BCUT2D eigenvalue weighted by Gasteiger charge is 2.08. The SMILES string of the molecule is CC.Cc1cc2[nH]nc(C#N)c2c(C)n1. The van der Waals surface area contributed by atoms with Crippen LogP contribution in [0.1, 0.15) is 30.9 Å². The number of hydrogen-bond acceptors (Lipinski definition) is 3. The Labute approximate surface area is 89.0 Å². The fraction of sp³-hybridized carbons (Fsp3) is 0.364. The summed E-state index contributed by atoms with van der Waals surface area (Å²) in [7, 11) is 0. The molecule has 0 amide bonds. The number of nitrogens with zero attached hydrogens (tertiary/aromatic N) is 3. The van der Waals surface area contributed by atoms with Gasteiger partial charge in [-0.05, 0) is 19.9 Å². The Hall–Kier alpha value is -1.89. The number of H-pyrrole nitrogens is 1. The summed E-state index contributed by atoms with van der Waals surface area (Å²) in [5.74, 6) is 0. The fourth-order valence-electron chi connectivity index (χ4n) is 1.47. The number of nitrogens with one attached hydrogen (secondary N) is 1. The van der Waals surface area contributed by atoms with Crippen molar-refractivity contribution in [2.75, 3.05) is 0 Å². The van der Waals surface area contributed by atoms with Crippen LogP contribution in [0.3, 0.4) is 0 Å². The highest BCUT2D eigenvalue weighted by atomic mass is 15.1. The van der Waals surface area contributed by atoms with E-state index in [2.05, 4.69) is 15.2 Å². The molecule has 0 saturated heterocycles. The Morgan fingerprint density at radius 1 is 1.33 bits per heavy atom. The van der Waals surface area contributed by atoms with Crippen molar-refractivity contribution in [2.45, 2.75) is 27.7 Å². The molecule has 2 aromatic rings. The molecule has 2 heterocycles. The Balaban J connectivity index is 0.000000531. The van der Waals surface area contributed by atoms with Crippen molar-refractivity contribution in [3.05, 3.63) is 23.1 Å². The highest BCUT2D eigenvalue weighted by Crippen LogP contribution is 2.18. The zero-order valence-corrected chi connectivity index (χ0v) is 9.42. The normalized spacial score (nSPS) is 9.27. The first-order valence-corrected chi connectivity index (χ1v) is 4.95. The summed E-state index contributed by atoms with van der Waals surface area (Å²) in [4.78, 5) is 4.27. The second-order valence-electron chi connectivity index (χ2n) is 2.96. The van der Waals surface area contributed by atoms with Gasteiger partial charge in [0.25, 0.3) is 0 Å². The first-order valence-electron chi connectivity index (χ1n) is 4.95. The molecule has 0 radical (unpaired) electrons. The maximum absolute atomic E-state index is 8.76. The summed E-state index contributed by atoms with van der Waals surface area (Å²) < 4.78 is 0. The van der Waals surface area contributed by atoms with Crippen molar-refractivity contribution in [3.8, 4) is 6.07 Å². The van der Waals surface area contributed by atoms with Gasteiger partial charge in [-0.1, -0.05) is 13.8 Å². The van der Waals surface area contributed by atoms with Crippen molar-refractivity contribution in [3.63, 3.8) is 0 Å². The van der Waals surface area contributed by atoms with Crippen molar-refractivity contribution in [1.82, 2.24) is 15.2 Å². The Kier molecular flexibility index (Phi) is 3.40. The van der Waals surface area contributed by atoms with Crippen molar-refractivity contribution < 1.29 is 0 Å². The van der Waals surface area contributed by atoms with Gasteiger partial charge in [0.2, 0.25) is 0 Å². The van der Waals surface area contributed by atoms with E-state index in [0.29, 0.717) is 5.69 Å². The quantitative estimate of drug-likeness (QED) is 0.713. The lowest BCUT2D eigenvalue weighted by Gasteiger charge is -1.96. The number of aryl methyl sites for hydroxylation is 2.